The molecule has 0 saturated heterocycles. The minimum Gasteiger partial charge on any atom is -0.460 e. The lowest BCUT2D eigenvalue weighted by atomic mass is 9.92. The summed E-state index contributed by atoms with van der Waals surface area (Å²) in [5.41, 5.74) is -0.450. The van der Waals surface area contributed by atoms with Crippen molar-refractivity contribution >= 4 is 22.8 Å². The lowest BCUT2D eigenvalue weighted by Crippen LogP contribution is -2.33. The van der Waals surface area contributed by atoms with Crippen molar-refractivity contribution in [3.63, 3.8) is 0 Å². The fourth-order valence-corrected chi connectivity index (χ4v) is 3.16. The molecule has 1 aliphatic rings. The van der Waals surface area contributed by atoms with Crippen molar-refractivity contribution in [2.75, 3.05) is 5.75 Å². The van der Waals surface area contributed by atoms with Gasteiger partial charge in [0.25, 0.3) is 0 Å². The van der Waals surface area contributed by atoms with Crippen LogP contribution in [0.1, 0.15) is 53.4 Å². The van der Waals surface area contributed by atoms with Gasteiger partial charge in [-0.2, -0.15) is 0 Å². The highest BCUT2D eigenvalue weighted by atomic mass is 32.2. The molecule has 0 unspecified atom stereocenters. The monoisotopic (exact) mass is 272 g/mol. The van der Waals surface area contributed by atoms with Gasteiger partial charge in [0.1, 0.15) is 5.60 Å². The second-order valence-corrected chi connectivity index (χ2v) is 7.18. The molecule has 3 nitrogen and oxygen atoms in total. The van der Waals surface area contributed by atoms with E-state index in [1.54, 1.807) is 6.92 Å². The summed E-state index contributed by atoms with van der Waals surface area (Å²) in [7, 11) is 0. The van der Waals surface area contributed by atoms with Gasteiger partial charge in [-0.25, -0.2) is 0 Å². The SMILES string of the molecule is CC(=O)SC[C@@H](C(=O)OC(C)(C)C)C1CCCC1. The summed E-state index contributed by atoms with van der Waals surface area (Å²) in [6.45, 7) is 7.20. The number of thioether (sulfide) groups is 1. The van der Waals surface area contributed by atoms with Gasteiger partial charge < -0.3 is 4.74 Å². The molecule has 1 rings (SSSR count). The maximum Gasteiger partial charge on any atom is 0.310 e. The highest BCUT2D eigenvalue weighted by Crippen LogP contribution is 2.34. The highest BCUT2D eigenvalue weighted by molar-refractivity contribution is 8.13. The number of carbonyl (C=O) groups is 2. The summed E-state index contributed by atoms with van der Waals surface area (Å²) < 4.78 is 5.48. The topological polar surface area (TPSA) is 43.4 Å². The number of hydrogen-bond donors (Lipinski definition) is 0. The normalized spacial score (nSPS) is 18.7. The van der Waals surface area contributed by atoms with E-state index in [1.807, 2.05) is 20.8 Å². The first kappa shape index (κ1) is 15.5. The zero-order valence-corrected chi connectivity index (χ0v) is 12.6. The number of rotatable bonds is 4. The van der Waals surface area contributed by atoms with E-state index in [1.165, 1.54) is 24.6 Å². The molecule has 0 aromatic heterocycles. The first-order valence-electron chi connectivity index (χ1n) is 6.66. The number of ether oxygens (including phenoxy) is 1. The molecule has 18 heavy (non-hydrogen) atoms. The largest absolute Gasteiger partial charge is 0.460 e. The van der Waals surface area contributed by atoms with Crippen LogP contribution in [0.3, 0.4) is 0 Å². The predicted molar refractivity (Wildman–Crippen MR) is 74.4 cm³/mol. The molecule has 1 saturated carbocycles. The Morgan fingerprint density at radius 1 is 1.28 bits per heavy atom. The molecule has 1 fully saturated rings. The molecule has 1 aliphatic carbocycles. The third kappa shape index (κ3) is 5.42. The summed E-state index contributed by atoms with van der Waals surface area (Å²) in [5.74, 6) is 0.699. The van der Waals surface area contributed by atoms with Crippen molar-refractivity contribution in [3.8, 4) is 0 Å². The first-order chi connectivity index (χ1) is 8.29. The second-order valence-electron chi connectivity index (χ2n) is 5.99. The second kappa shape index (κ2) is 6.60. The molecule has 0 aromatic rings. The van der Waals surface area contributed by atoms with Crippen LogP contribution in [-0.4, -0.2) is 22.4 Å². The Bertz CT molecular complexity index is 301. The van der Waals surface area contributed by atoms with Crippen LogP contribution in [0.15, 0.2) is 0 Å². The third-order valence-electron chi connectivity index (χ3n) is 3.14. The third-order valence-corrected chi connectivity index (χ3v) is 4.08. The fourth-order valence-electron chi connectivity index (χ4n) is 2.34. The van der Waals surface area contributed by atoms with E-state index >= 15 is 0 Å². The quantitative estimate of drug-likeness (QED) is 0.736. The van der Waals surface area contributed by atoms with Crippen molar-refractivity contribution < 1.29 is 14.3 Å². The molecule has 0 aliphatic heterocycles. The predicted octanol–water partition coefficient (Wildman–Crippen LogP) is 3.41. The first-order valence-corrected chi connectivity index (χ1v) is 7.64. The van der Waals surface area contributed by atoms with E-state index in [-0.39, 0.29) is 17.0 Å². The van der Waals surface area contributed by atoms with Gasteiger partial charge in [-0.1, -0.05) is 24.6 Å². The van der Waals surface area contributed by atoms with E-state index in [4.69, 9.17) is 4.74 Å². The van der Waals surface area contributed by atoms with Gasteiger partial charge in [-0.05, 0) is 39.5 Å². The molecule has 0 heterocycles. The molecule has 0 bridgehead atoms. The van der Waals surface area contributed by atoms with Crippen LogP contribution >= 0.6 is 11.8 Å². The number of esters is 1. The Labute approximate surface area is 114 Å². The molecule has 1 atom stereocenters. The maximum absolute atomic E-state index is 12.2. The summed E-state index contributed by atoms with van der Waals surface area (Å²) in [5, 5.41) is 0.0709. The fraction of sp³-hybridized carbons (Fsp3) is 0.857. The molecule has 0 spiro atoms. The van der Waals surface area contributed by atoms with Crippen molar-refractivity contribution in [2.45, 2.75) is 59.0 Å². The van der Waals surface area contributed by atoms with Gasteiger partial charge in [0.2, 0.25) is 0 Å². The van der Waals surface area contributed by atoms with Crippen molar-refractivity contribution in [1.29, 1.82) is 0 Å². The van der Waals surface area contributed by atoms with Crippen LogP contribution in [0.5, 0.6) is 0 Å². The molecule has 0 aromatic carbocycles. The smallest absolute Gasteiger partial charge is 0.310 e. The maximum atomic E-state index is 12.2. The van der Waals surface area contributed by atoms with Crippen molar-refractivity contribution in [3.05, 3.63) is 0 Å². The van der Waals surface area contributed by atoms with Gasteiger partial charge in [0.15, 0.2) is 5.12 Å². The summed E-state index contributed by atoms with van der Waals surface area (Å²) >= 11 is 1.24. The minimum absolute atomic E-state index is 0.0709. The van der Waals surface area contributed by atoms with Gasteiger partial charge in [-0.3, -0.25) is 9.59 Å². The van der Waals surface area contributed by atoms with Gasteiger partial charge in [0.05, 0.1) is 5.92 Å². The Morgan fingerprint density at radius 2 is 1.83 bits per heavy atom. The van der Waals surface area contributed by atoms with Crippen molar-refractivity contribution in [2.24, 2.45) is 11.8 Å². The van der Waals surface area contributed by atoms with E-state index in [9.17, 15) is 9.59 Å². The van der Waals surface area contributed by atoms with E-state index in [0.29, 0.717) is 11.7 Å². The zero-order valence-electron chi connectivity index (χ0n) is 11.8. The van der Waals surface area contributed by atoms with Crippen LogP contribution in [0.4, 0.5) is 0 Å². The molecule has 0 amide bonds. The standard InChI is InChI=1S/C14H24O3S/c1-10(15)18-9-12(11-7-5-6-8-11)13(16)17-14(2,3)4/h11-12H,5-9H2,1-4H3/t12-/m1/s1. The molecule has 4 heteroatoms. The van der Waals surface area contributed by atoms with Gasteiger partial charge in [0, 0.05) is 12.7 Å². The Kier molecular flexibility index (Phi) is 5.70. The van der Waals surface area contributed by atoms with Crippen LogP contribution in [-0.2, 0) is 14.3 Å². The Balaban J connectivity index is 2.63. The molecule has 104 valence electrons. The van der Waals surface area contributed by atoms with Crippen molar-refractivity contribution in [1.82, 2.24) is 0 Å². The Morgan fingerprint density at radius 3 is 2.28 bits per heavy atom. The average molecular weight is 272 g/mol. The van der Waals surface area contributed by atoms with Crippen LogP contribution < -0.4 is 0 Å². The lowest BCUT2D eigenvalue weighted by Gasteiger charge is -2.26. The number of carbonyl (C=O) groups excluding carboxylic acids is 2. The van der Waals surface area contributed by atoms with Gasteiger partial charge in [-0.15, -0.1) is 0 Å². The molecule has 0 radical (unpaired) electrons. The van der Waals surface area contributed by atoms with Crippen LogP contribution in [0.25, 0.3) is 0 Å². The van der Waals surface area contributed by atoms with E-state index in [2.05, 4.69) is 0 Å². The zero-order chi connectivity index (χ0) is 13.8. The molecule has 0 N–H and O–H groups in total. The molecular formula is C14H24O3S. The summed E-state index contributed by atoms with van der Waals surface area (Å²) in [6.07, 6.45) is 4.55. The van der Waals surface area contributed by atoms with Crippen LogP contribution in [0, 0.1) is 11.8 Å². The average Bonchev–Trinajstić information content (AvgIpc) is 2.67. The highest BCUT2D eigenvalue weighted by Gasteiger charge is 2.34. The minimum atomic E-state index is -0.450. The van der Waals surface area contributed by atoms with Gasteiger partial charge >= 0.3 is 5.97 Å². The molecular weight excluding hydrogens is 248 g/mol. The van der Waals surface area contributed by atoms with E-state index in [0.717, 1.165) is 12.8 Å². The van der Waals surface area contributed by atoms with Crippen LogP contribution in [0.2, 0.25) is 0 Å². The lowest BCUT2D eigenvalue weighted by molar-refractivity contribution is -0.161. The summed E-state index contributed by atoms with van der Waals surface area (Å²) in [6, 6.07) is 0. The Hall–Kier alpha value is -0.510. The van der Waals surface area contributed by atoms with E-state index < -0.39 is 5.60 Å². The summed E-state index contributed by atoms with van der Waals surface area (Å²) in [4.78, 5) is 23.3. The number of hydrogen-bond acceptors (Lipinski definition) is 4.